The van der Waals surface area contributed by atoms with Gasteiger partial charge >= 0.3 is 0 Å². The lowest BCUT2D eigenvalue weighted by Crippen LogP contribution is -2.22. The number of aryl methyl sites for hydroxylation is 1. The molecule has 0 saturated carbocycles. The molecule has 0 aliphatic heterocycles. The summed E-state index contributed by atoms with van der Waals surface area (Å²) in [5, 5.41) is 13.2. The second-order valence-electron chi connectivity index (χ2n) is 3.73. The third-order valence-corrected chi connectivity index (χ3v) is 2.32. The molecule has 0 aliphatic carbocycles. The van der Waals surface area contributed by atoms with Gasteiger partial charge in [0.25, 0.3) is 5.91 Å². The van der Waals surface area contributed by atoms with E-state index in [4.69, 9.17) is 4.42 Å². The Labute approximate surface area is 103 Å². The Morgan fingerprint density at radius 3 is 2.61 bits per heavy atom. The van der Waals surface area contributed by atoms with Crippen molar-refractivity contribution in [3.05, 3.63) is 53.5 Å². The Balaban J connectivity index is 2.16. The first-order valence-corrected chi connectivity index (χ1v) is 5.25. The van der Waals surface area contributed by atoms with Crippen LogP contribution in [0.5, 0.6) is 0 Å². The number of carbonyl (C=O) groups is 2. The smallest absolute Gasteiger partial charge is 0.291 e. The van der Waals surface area contributed by atoms with Crippen LogP contribution in [0.25, 0.3) is 0 Å². The lowest BCUT2D eigenvalue weighted by molar-refractivity contribution is -0.255. The van der Waals surface area contributed by atoms with Gasteiger partial charge in [0.1, 0.15) is 5.76 Å². The zero-order valence-electron chi connectivity index (χ0n) is 9.60. The summed E-state index contributed by atoms with van der Waals surface area (Å²) in [7, 11) is 0. The number of carboxylic acid groups (broad SMARTS) is 1. The van der Waals surface area contributed by atoms with Gasteiger partial charge in [-0.3, -0.25) is 4.79 Å². The Morgan fingerprint density at radius 2 is 2.00 bits per heavy atom. The maximum atomic E-state index is 11.7. The van der Waals surface area contributed by atoms with Crippen molar-refractivity contribution in [2.24, 2.45) is 0 Å². The SMILES string of the molecule is Cc1ccc(C(=O)Nc2cccc(C(=O)[O-])c2)o1. The van der Waals surface area contributed by atoms with E-state index >= 15 is 0 Å². The topological polar surface area (TPSA) is 82.4 Å². The van der Waals surface area contributed by atoms with Gasteiger partial charge in [0.05, 0.1) is 5.97 Å². The van der Waals surface area contributed by atoms with Crippen molar-refractivity contribution >= 4 is 17.6 Å². The first-order chi connectivity index (χ1) is 8.56. The lowest BCUT2D eigenvalue weighted by Gasteiger charge is -2.06. The summed E-state index contributed by atoms with van der Waals surface area (Å²) in [6, 6.07) is 9.04. The van der Waals surface area contributed by atoms with E-state index in [9.17, 15) is 14.7 Å². The van der Waals surface area contributed by atoms with E-state index in [0.717, 1.165) is 0 Å². The quantitative estimate of drug-likeness (QED) is 0.879. The van der Waals surface area contributed by atoms with E-state index in [1.165, 1.54) is 18.2 Å². The highest BCUT2D eigenvalue weighted by molar-refractivity contribution is 6.02. The molecule has 2 rings (SSSR count). The number of furan rings is 1. The molecule has 0 fully saturated rings. The highest BCUT2D eigenvalue weighted by atomic mass is 16.4. The second kappa shape index (κ2) is 4.75. The van der Waals surface area contributed by atoms with E-state index in [1.807, 2.05) is 0 Å². The summed E-state index contributed by atoms with van der Waals surface area (Å²) < 4.78 is 5.15. The summed E-state index contributed by atoms with van der Waals surface area (Å²) in [5.41, 5.74) is 0.374. The first-order valence-electron chi connectivity index (χ1n) is 5.25. The fourth-order valence-electron chi connectivity index (χ4n) is 1.47. The number of rotatable bonds is 3. The summed E-state index contributed by atoms with van der Waals surface area (Å²) in [5.74, 6) is -0.923. The number of benzene rings is 1. The van der Waals surface area contributed by atoms with Crippen LogP contribution in [0.3, 0.4) is 0 Å². The number of anilines is 1. The van der Waals surface area contributed by atoms with Crippen LogP contribution in [0.2, 0.25) is 0 Å². The largest absolute Gasteiger partial charge is 0.545 e. The number of hydrogen-bond acceptors (Lipinski definition) is 4. The van der Waals surface area contributed by atoms with E-state index in [1.54, 1.807) is 25.1 Å². The van der Waals surface area contributed by atoms with Crippen molar-refractivity contribution in [3.8, 4) is 0 Å². The Hall–Kier alpha value is -2.56. The molecular formula is C13H10NO4-. The van der Waals surface area contributed by atoms with Crippen LogP contribution >= 0.6 is 0 Å². The molecule has 5 heteroatoms. The minimum atomic E-state index is -1.29. The van der Waals surface area contributed by atoms with Crippen LogP contribution < -0.4 is 10.4 Å². The predicted molar refractivity (Wildman–Crippen MR) is 62.2 cm³/mol. The lowest BCUT2D eigenvalue weighted by atomic mass is 10.2. The zero-order valence-corrected chi connectivity index (χ0v) is 9.60. The van der Waals surface area contributed by atoms with Crippen LogP contribution in [0.1, 0.15) is 26.7 Å². The van der Waals surface area contributed by atoms with Crippen LogP contribution in [-0.4, -0.2) is 11.9 Å². The standard InChI is InChI=1S/C13H11NO4/c1-8-5-6-11(18-8)12(15)14-10-4-2-3-9(7-10)13(16)17/h2-7H,1H3,(H,14,15)(H,16,17)/p-1. The number of hydrogen-bond donors (Lipinski definition) is 1. The molecule has 1 N–H and O–H groups in total. The maximum Gasteiger partial charge on any atom is 0.291 e. The molecule has 1 aromatic heterocycles. The monoisotopic (exact) mass is 244 g/mol. The Bertz CT molecular complexity index is 601. The average Bonchev–Trinajstić information content (AvgIpc) is 2.76. The molecule has 0 aliphatic rings. The summed E-state index contributed by atoms with van der Waals surface area (Å²) >= 11 is 0. The highest BCUT2D eigenvalue weighted by Crippen LogP contribution is 2.13. The van der Waals surface area contributed by atoms with Crippen molar-refractivity contribution in [1.29, 1.82) is 0 Å². The molecule has 0 atom stereocenters. The van der Waals surface area contributed by atoms with Crippen LogP contribution in [0.15, 0.2) is 40.8 Å². The van der Waals surface area contributed by atoms with Gasteiger partial charge in [-0.15, -0.1) is 0 Å². The molecule has 0 saturated heterocycles. The van der Waals surface area contributed by atoms with Crippen molar-refractivity contribution in [1.82, 2.24) is 0 Å². The minimum Gasteiger partial charge on any atom is -0.545 e. The molecule has 5 nitrogen and oxygen atoms in total. The normalized spacial score (nSPS) is 10.1. The summed E-state index contributed by atoms with van der Waals surface area (Å²) in [4.78, 5) is 22.4. The molecule has 1 aromatic carbocycles. The van der Waals surface area contributed by atoms with Crippen molar-refractivity contribution in [2.75, 3.05) is 5.32 Å². The van der Waals surface area contributed by atoms with Gasteiger partial charge in [0.2, 0.25) is 0 Å². The van der Waals surface area contributed by atoms with E-state index in [0.29, 0.717) is 11.4 Å². The fraction of sp³-hybridized carbons (Fsp3) is 0.0769. The average molecular weight is 244 g/mol. The van der Waals surface area contributed by atoms with Crippen LogP contribution in [-0.2, 0) is 0 Å². The molecule has 18 heavy (non-hydrogen) atoms. The Kier molecular flexibility index (Phi) is 3.14. The van der Waals surface area contributed by atoms with Gasteiger partial charge in [-0.2, -0.15) is 0 Å². The third kappa shape index (κ3) is 2.57. The molecule has 0 unspecified atom stereocenters. The number of aromatic carboxylic acids is 1. The summed E-state index contributed by atoms with van der Waals surface area (Å²) in [6.45, 7) is 1.73. The molecule has 0 spiro atoms. The molecule has 2 aromatic rings. The van der Waals surface area contributed by atoms with Gasteiger partial charge < -0.3 is 19.6 Å². The highest BCUT2D eigenvalue weighted by Gasteiger charge is 2.10. The van der Waals surface area contributed by atoms with Crippen molar-refractivity contribution < 1.29 is 19.1 Å². The fourth-order valence-corrected chi connectivity index (χ4v) is 1.47. The third-order valence-electron chi connectivity index (χ3n) is 2.32. The van der Waals surface area contributed by atoms with Crippen LogP contribution in [0, 0.1) is 6.92 Å². The van der Waals surface area contributed by atoms with Gasteiger partial charge in [-0.1, -0.05) is 12.1 Å². The number of nitrogens with one attached hydrogen (secondary N) is 1. The zero-order chi connectivity index (χ0) is 13.1. The summed E-state index contributed by atoms with van der Waals surface area (Å²) in [6.07, 6.45) is 0. The first kappa shape index (κ1) is 11.9. The van der Waals surface area contributed by atoms with Gasteiger partial charge in [0.15, 0.2) is 5.76 Å². The van der Waals surface area contributed by atoms with Gasteiger partial charge in [0, 0.05) is 5.69 Å². The van der Waals surface area contributed by atoms with E-state index < -0.39 is 11.9 Å². The van der Waals surface area contributed by atoms with Crippen molar-refractivity contribution in [3.63, 3.8) is 0 Å². The van der Waals surface area contributed by atoms with E-state index in [2.05, 4.69) is 5.32 Å². The van der Waals surface area contributed by atoms with Crippen molar-refractivity contribution in [2.45, 2.75) is 6.92 Å². The number of carbonyl (C=O) groups excluding carboxylic acids is 2. The molecule has 1 heterocycles. The van der Waals surface area contributed by atoms with Crippen LogP contribution in [0.4, 0.5) is 5.69 Å². The van der Waals surface area contributed by atoms with Gasteiger partial charge in [-0.25, -0.2) is 0 Å². The number of carboxylic acids is 1. The Morgan fingerprint density at radius 1 is 1.22 bits per heavy atom. The van der Waals surface area contributed by atoms with Gasteiger partial charge in [-0.05, 0) is 36.8 Å². The maximum absolute atomic E-state index is 11.7. The minimum absolute atomic E-state index is 0.00317. The predicted octanol–water partition coefficient (Wildman–Crippen LogP) is 1.20. The van der Waals surface area contributed by atoms with E-state index in [-0.39, 0.29) is 11.3 Å². The second-order valence-corrected chi connectivity index (χ2v) is 3.73. The molecule has 92 valence electrons. The molecule has 0 radical (unpaired) electrons. The number of amides is 1. The molecule has 0 bridgehead atoms. The molecule has 1 amide bonds. The molecular weight excluding hydrogens is 234 g/mol.